The Balaban J connectivity index is 1.83. The van der Waals surface area contributed by atoms with Crippen LogP contribution < -0.4 is 5.43 Å². The minimum atomic E-state index is -1.11. The van der Waals surface area contributed by atoms with Crippen molar-refractivity contribution >= 4 is 27.6 Å². The van der Waals surface area contributed by atoms with Gasteiger partial charge in [-0.1, -0.05) is 72.4 Å². The highest BCUT2D eigenvalue weighted by molar-refractivity contribution is 8.15. The molecule has 0 spiro atoms. The van der Waals surface area contributed by atoms with E-state index in [9.17, 15) is 4.21 Å². The Hall–Kier alpha value is -1.63. The Morgan fingerprint density at radius 3 is 2.17 bits per heavy atom. The lowest BCUT2D eigenvalue weighted by atomic mass is 10.0. The first-order chi connectivity index (χ1) is 11.3. The molecule has 3 rings (SSSR count). The highest BCUT2D eigenvalue weighted by atomic mass is 32.2. The SMILES string of the molecule is COC1NN=C(CS(=O)C(c2ccccc2)c2ccccc2)S1. The van der Waals surface area contributed by atoms with Gasteiger partial charge in [-0.15, -0.1) is 0 Å². The Morgan fingerprint density at radius 1 is 1.13 bits per heavy atom. The molecule has 1 aliphatic rings. The predicted octanol–water partition coefficient (Wildman–Crippen LogP) is 3.10. The minimum Gasteiger partial charge on any atom is -0.351 e. The van der Waals surface area contributed by atoms with Crippen LogP contribution in [0.3, 0.4) is 0 Å². The van der Waals surface area contributed by atoms with Crippen molar-refractivity contribution in [3.05, 3.63) is 71.8 Å². The lowest BCUT2D eigenvalue weighted by Crippen LogP contribution is -2.17. The van der Waals surface area contributed by atoms with E-state index in [1.165, 1.54) is 11.8 Å². The lowest BCUT2D eigenvalue weighted by Gasteiger charge is -2.17. The van der Waals surface area contributed by atoms with Gasteiger partial charge in [0.1, 0.15) is 5.04 Å². The van der Waals surface area contributed by atoms with Crippen LogP contribution in [-0.4, -0.2) is 27.7 Å². The number of rotatable bonds is 6. The molecule has 0 radical (unpaired) electrons. The van der Waals surface area contributed by atoms with Crippen molar-refractivity contribution < 1.29 is 8.95 Å². The average molecular weight is 346 g/mol. The third-order valence-electron chi connectivity index (χ3n) is 3.49. The van der Waals surface area contributed by atoms with Gasteiger partial charge >= 0.3 is 0 Å². The number of hydrogen-bond acceptors (Lipinski definition) is 5. The second-order valence-electron chi connectivity index (χ2n) is 5.05. The highest BCUT2D eigenvalue weighted by Gasteiger charge is 2.26. The number of methoxy groups -OCH3 is 1. The number of hydrogen-bond donors (Lipinski definition) is 1. The fourth-order valence-corrected chi connectivity index (χ4v) is 5.00. The van der Waals surface area contributed by atoms with Gasteiger partial charge in [0.15, 0.2) is 5.56 Å². The molecule has 1 heterocycles. The van der Waals surface area contributed by atoms with Gasteiger partial charge in [-0.25, -0.2) is 0 Å². The molecule has 2 aromatic rings. The number of thioether (sulfide) groups is 1. The van der Waals surface area contributed by atoms with E-state index in [1.54, 1.807) is 7.11 Å². The number of ether oxygens (including phenoxy) is 1. The molecule has 0 saturated carbocycles. The van der Waals surface area contributed by atoms with Gasteiger partial charge in [0.05, 0.1) is 11.0 Å². The zero-order valence-corrected chi connectivity index (χ0v) is 14.3. The summed E-state index contributed by atoms with van der Waals surface area (Å²) in [7, 11) is 0.508. The van der Waals surface area contributed by atoms with Crippen molar-refractivity contribution in [2.24, 2.45) is 5.10 Å². The van der Waals surface area contributed by atoms with Crippen molar-refractivity contribution in [2.75, 3.05) is 12.9 Å². The Labute approximate surface area is 142 Å². The summed E-state index contributed by atoms with van der Waals surface area (Å²) in [5, 5.41) is 4.86. The van der Waals surface area contributed by atoms with E-state index in [-0.39, 0.29) is 10.8 Å². The molecule has 1 N–H and O–H groups in total. The Bertz CT molecular complexity index is 653. The minimum absolute atomic E-state index is 0.165. The van der Waals surface area contributed by atoms with Crippen molar-refractivity contribution in [1.82, 2.24) is 5.43 Å². The van der Waals surface area contributed by atoms with Crippen molar-refractivity contribution in [3.8, 4) is 0 Å². The first-order valence-corrected chi connectivity index (χ1v) is 9.52. The smallest absolute Gasteiger partial charge is 0.196 e. The fraction of sp³-hybridized carbons (Fsp3) is 0.235. The summed E-state index contributed by atoms with van der Waals surface area (Å²) in [6.45, 7) is 0. The largest absolute Gasteiger partial charge is 0.351 e. The maximum absolute atomic E-state index is 13.0. The van der Waals surface area contributed by atoms with Crippen LogP contribution in [0.25, 0.3) is 0 Å². The van der Waals surface area contributed by atoms with Gasteiger partial charge < -0.3 is 4.74 Å². The predicted molar refractivity (Wildman–Crippen MR) is 96.7 cm³/mol. The molecule has 2 atom stereocenters. The van der Waals surface area contributed by atoms with Crippen LogP contribution >= 0.6 is 11.8 Å². The van der Waals surface area contributed by atoms with E-state index in [1.807, 2.05) is 60.7 Å². The maximum atomic E-state index is 13.0. The summed E-state index contributed by atoms with van der Waals surface area (Å²) in [6, 6.07) is 20.0. The lowest BCUT2D eigenvalue weighted by molar-refractivity contribution is 0.150. The van der Waals surface area contributed by atoms with Crippen LogP contribution in [0.15, 0.2) is 65.8 Å². The molecule has 0 bridgehead atoms. The van der Waals surface area contributed by atoms with Crippen LogP contribution in [0.5, 0.6) is 0 Å². The van der Waals surface area contributed by atoms with E-state index in [0.29, 0.717) is 5.75 Å². The molecule has 2 aromatic carbocycles. The molecular weight excluding hydrogens is 328 g/mol. The van der Waals surface area contributed by atoms with Gasteiger partial charge in [-0.2, -0.15) is 5.10 Å². The summed E-state index contributed by atoms with van der Waals surface area (Å²) in [5.74, 6) is 0.409. The topological polar surface area (TPSA) is 50.7 Å². The first-order valence-electron chi connectivity index (χ1n) is 7.26. The van der Waals surface area contributed by atoms with Crippen molar-refractivity contribution in [3.63, 3.8) is 0 Å². The van der Waals surface area contributed by atoms with E-state index >= 15 is 0 Å². The molecule has 0 aliphatic carbocycles. The van der Waals surface area contributed by atoms with E-state index in [4.69, 9.17) is 4.74 Å². The zero-order valence-electron chi connectivity index (χ0n) is 12.7. The average Bonchev–Trinajstić information content (AvgIpc) is 3.04. The number of nitrogens with one attached hydrogen (secondary N) is 1. The normalized spacial score (nSPS) is 18.5. The molecular formula is C17H18N2O2S2. The van der Waals surface area contributed by atoms with Gasteiger partial charge in [0.2, 0.25) is 0 Å². The third kappa shape index (κ3) is 4.02. The summed E-state index contributed by atoms with van der Waals surface area (Å²) in [5.41, 5.74) is 4.79. The van der Waals surface area contributed by atoms with Gasteiger partial charge in [-0.3, -0.25) is 9.63 Å². The standard InChI is InChI=1S/C17H18N2O2S2/c1-21-17-19-18-15(22-17)12-23(20)16(13-8-4-2-5-9-13)14-10-6-3-7-11-14/h2-11,16-17,19H,12H2,1H3. The first kappa shape index (κ1) is 16.2. The monoisotopic (exact) mass is 346 g/mol. The highest BCUT2D eigenvalue weighted by Crippen LogP contribution is 2.30. The summed E-state index contributed by atoms with van der Waals surface area (Å²) >= 11 is 1.47. The van der Waals surface area contributed by atoms with Crippen LogP contribution in [0.1, 0.15) is 16.4 Å². The quantitative estimate of drug-likeness (QED) is 0.873. The van der Waals surface area contributed by atoms with E-state index < -0.39 is 10.8 Å². The fourth-order valence-electron chi connectivity index (χ4n) is 2.42. The van der Waals surface area contributed by atoms with Crippen molar-refractivity contribution in [2.45, 2.75) is 10.8 Å². The number of hydrazone groups is 1. The number of nitrogens with zero attached hydrogens (tertiary/aromatic N) is 1. The van der Waals surface area contributed by atoms with Crippen LogP contribution in [0.2, 0.25) is 0 Å². The molecule has 6 heteroatoms. The van der Waals surface area contributed by atoms with Crippen LogP contribution in [0.4, 0.5) is 0 Å². The van der Waals surface area contributed by atoms with Gasteiger partial charge in [0.25, 0.3) is 0 Å². The second-order valence-corrected chi connectivity index (χ2v) is 7.70. The molecule has 2 unspecified atom stereocenters. The van der Waals surface area contributed by atoms with Crippen LogP contribution in [-0.2, 0) is 15.5 Å². The number of benzene rings is 2. The molecule has 0 saturated heterocycles. The second kappa shape index (κ2) is 7.77. The molecule has 1 aliphatic heterocycles. The van der Waals surface area contributed by atoms with Gasteiger partial charge in [0, 0.05) is 17.9 Å². The Kier molecular flexibility index (Phi) is 5.48. The summed E-state index contributed by atoms with van der Waals surface area (Å²) in [4.78, 5) is 0. The molecule has 0 fully saturated rings. The Morgan fingerprint density at radius 2 is 1.70 bits per heavy atom. The summed E-state index contributed by atoms with van der Waals surface area (Å²) < 4.78 is 18.2. The molecule has 23 heavy (non-hydrogen) atoms. The van der Waals surface area contributed by atoms with E-state index in [0.717, 1.165) is 16.2 Å². The maximum Gasteiger partial charge on any atom is 0.196 e. The van der Waals surface area contributed by atoms with E-state index in [2.05, 4.69) is 10.5 Å². The summed E-state index contributed by atoms with van der Waals surface area (Å²) in [6.07, 6.45) is 0. The van der Waals surface area contributed by atoms with Gasteiger partial charge in [-0.05, 0) is 11.1 Å². The van der Waals surface area contributed by atoms with Crippen LogP contribution in [0, 0.1) is 0 Å². The molecule has 120 valence electrons. The van der Waals surface area contributed by atoms with Crippen molar-refractivity contribution in [1.29, 1.82) is 0 Å². The molecule has 0 aromatic heterocycles. The molecule has 4 nitrogen and oxygen atoms in total. The third-order valence-corrected chi connectivity index (χ3v) is 6.32. The molecule has 0 amide bonds. The zero-order chi connectivity index (χ0) is 16.1.